The second-order valence-electron chi connectivity index (χ2n) is 14.8. The van der Waals surface area contributed by atoms with E-state index >= 15 is 0 Å². The van der Waals surface area contributed by atoms with Crippen molar-refractivity contribution in [2.45, 2.75) is 104 Å². The SMILES string of the molecule is COC1/C=C\C=C(/C)C(=O)NC2=CC(=O)C(NCCCCCCNC(=O)CCn3cc(F)c(=O)[nH]c3=O)=C(C[C@@H](C)C[C@H](OC)C(O)[C@@H](C)/C=C(\C)C1OC(N)=O)C2=O. The number of H-pyrrole nitrogens is 1. The van der Waals surface area contributed by atoms with Crippen LogP contribution in [-0.2, 0) is 39.9 Å². The van der Waals surface area contributed by atoms with Gasteiger partial charge in [0.2, 0.25) is 23.3 Å². The maximum atomic E-state index is 14.0. The number of aromatic amines is 1. The Kier molecular flexibility index (Phi) is 18.9. The number of carbonyl (C=O) groups excluding carboxylic acids is 5. The Morgan fingerprint density at radius 3 is 2.39 bits per heavy atom. The molecule has 3 unspecified atom stereocenters. The van der Waals surface area contributed by atoms with Crippen LogP contribution in [0.2, 0.25) is 0 Å². The number of rotatable bonds is 14. The van der Waals surface area contributed by atoms with E-state index in [1.807, 2.05) is 11.9 Å². The minimum Gasteiger partial charge on any atom is -0.439 e. The first-order valence-electron chi connectivity index (χ1n) is 19.5. The summed E-state index contributed by atoms with van der Waals surface area (Å²) in [5.74, 6) is -3.85. The number of allylic oxidation sites excluding steroid dienone is 4. The number of nitrogens with two attached hydrogens (primary N) is 1. The third kappa shape index (κ3) is 14.4. The zero-order valence-electron chi connectivity index (χ0n) is 34.4. The number of nitrogens with one attached hydrogen (secondary N) is 4. The molecule has 0 saturated heterocycles. The number of hydrogen-bond acceptors (Lipinski definition) is 12. The molecule has 3 rings (SSSR count). The second-order valence-corrected chi connectivity index (χ2v) is 14.8. The molecule has 0 aromatic carbocycles. The molecule has 2 heterocycles. The van der Waals surface area contributed by atoms with E-state index in [4.69, 9.17) is 19.9 Å². The summed E-state index contributed by atoms with van der Waals surface area (Å²) in [6.45, 7) is 7.52. The van der Waals surface area contributed by atoms with Gasteiger partial charge in [-0.1, -0.05) is 51.0 Å². The van der Waals surface area contributed by atoms with Crippen molar-refractivity contribution in [2.24, 2.45) is 17.6 Å². The average Bonchev–Trinajstić information content (AvgIpc) is 3.18. The Bertz CT molecular complexity index is 1980. The van der Waals surface area contributed by atoms with Crippen molar-refractivity contribution >= 4 is 29.5 Å². The third-order valence-corrected chi connectivity index (χ3v) is 10.1. The van der Waals surface area contributed by atoms with Crippen LogP contribution in [-0.4, -0.2) is 95.9 Å². The Labute approximate surface area is 342 Å². The molecule has 6 atom stereocenters. The zero-order chi connectivity index (χ0) is 43.8. The van der Waals surface area contributed by atoms with Crippen molar-refractivity contribution in [2.75, 3.05) is 27.3 Å². The molecule has 1 aromatic heterocycles. The maximum Gasteiger partial charge on any atom is 0.405 e. The highest BCUT2D eigenvalue weighted by molar-refractivity contribution is 6.23. The molecule has 7 N–H and O–H groups in total. The Morgan fingerprint density at radius 2 is 1.73 bits per heavy atom. The summed E-state index contributed by atoms with van der Waals surface area (Å²) in [6, 6.07) is 0. The fourth-order valence-electron chi connectivity index (χ4n) is 6.78. The summed E-state index contributed by atoms with van der Waals surface area (Å²) >= 11 is 0. The molecular weight excluding hydrogens is 771 g/mol. The van der Waals surface area contributed by atoms with Crippen molar-refractivity contribution in [1.82, 2.24) is 25.5 Å². The van der Waals surface area contributed by atoms with Gasteiger partial charge in [0.25, 0.3) is 11.5 Å². The minimum atomic E-state index is -1.12. The van der Waals surface area contributed by atoms with Gasteiger partial charge in [-0.2, -0.15) is 4.39 Å². The van der Waals surface area contributed by atoms with E-state index in [0.717, 1.165) is 29.7 Å². The van der Waals surface area contributed by atoms with E-state index in [2.05, 4.69) is 16.0 Å². The van der Waals surface area contributed by atoms with Gasteiger partial charge in [-0.05, 0) is 51.0 Å². The first kappa shape index (κ1) is 47.9. The number of methoxy groups -OCH3 is 2. The van der Waals surface area contributed by atoms with Crippen LogP contribution in [0.5, 0.6) is 0 Å². The number of nitrogens with zero attached hydrogens (tertiary/aromatic N) is 1. The summed E-state index contributed by atoms with van der Waals surface area (Å²) in [6.07, 6.45) is 6.74. The van der Waals surface area contributed by atoms with Crippen molar-refractivity contribution < 1.29 is 47.7 Å². The van der Waals surface area contributed by atoms with Gasteiger partial charge < -0.3 is 41.0 Å². The number of aromatic nitrogens is 2. The number of aliphatic hydroxyl groups excluding tert-OH is 1. The van der Waals surface area contributed by atoms with Crippen LogP contribution in [0.4, 0.5) is 9.18 Å². The second kappa shape index (κ2) is 23.2. The lowest BCUT2D eigenvalue weighted by Gasteiger charge is -2.30. The van der Waals surface area contributed by atoms with Gasteiger partial charge in [0, 0.05) is 63.4 Å². The molecule has 0 saturated carbocycles. The van der Waals surface area contributed by atoms with E-state index < -0.39 is 71.0 Å². The lowest BCUT2D eigenvalue weighted by Crippen LogP contribution is -2.38. The topological polar surface area (TPSA) is 250 Å². The van der Waals surface area contributed by atoms with Crippen LogP contribution in [0.15, 0.2) is 74.3 Å². The monoisotopic (exact) mass is 828 g/mol. The number of aliphatic hydroxyl groups is 1. The van der Waals surface area contributed by atoms with E-state index in [1.54, 1.807) is 26.0 Å². The third-order valence-electron chi connectivity index (χ3n) is 10.1. The van der Waals surface area contributed by atoms with Gasteiger partial charge >= 0.3 is 11.8 Å². The highest BCUT2D eigenvalue weighted by Gasteiger charge is 2.33. The van der Waals surface area contributed by atoms with Crippen LogP contribution in [0.3, 0.4) is 0 Å². The van der Waals surface area contributed by atoms with Crippen LogP contribution >= 0.6 is 0 Å². The van der Waals surface area contributed by atoms with Crippen LogP contribution in [0.1, 0.15) is 72.6 Å². The number of Topliss-reactive ketones (excluding diaryl/α,β-unsaturated/α-hetero) is 1. The molecule has 0 radical (unpaired) electrons. The largest absolute Gasteiger partial charge is 0.439 e. The van der Waals surface area contributed by atoms with E-state index in [9.17, 15) is 43.1 Å². The Balaban J connectivity index is 1.72. The van der Waals surface area contributed by atoms with Crippen molar-refractivity contribution in [3.63, 3.8) is 0 Å². The van der Waals surface area contributed by atoms with Gasteiger partial charge in [-0.3, -0.25) is 33.5 Å². The molecule has 2 aliphatic rings. The smallest absolute Gasteiger partial charge is 0.405 e. The first-order chi connectivity index (χ1) is 28.0. The minimum absolute atomic E-state index is 0.0837. The average molecular weight is 829 g/mol. The van der Waals surface area contributed by atoms with E-state index in [0.29, 0.717) is 37.9 Å². The van der Waals surface area contributed by atoms with Gasteiger partial charge in [-0.15, -0.1) is 0 Å². The number of amides is 3. The predicted octanol–water partition coefficient (Wildman–Crippen LogP) is 2.11. The molecule has 0 spiro atoms. The maximum absolute atomic E-state index is 14.0. The fourth-order valence-corrected chi connectivity index (χ4v) is 6.78. The summed E-state index contributed by atoms with van der Waals surface area (Å²) in [5, 5.41) is 19.9. The van der Waals surface area contributed by atoms with Crippen molar-refractivity contribution in [3.05, 3.63) is 91.3 Å². The highest BCUT2D eigenvalue weighted by atomic mass is 19.1. The number of aryl methyl sites for hydroxylation is 1. The number of ketones is 2. The zero-order valence-corrected chi connectivity index (χ0v) is 34.4. The number of halogens is 1. The number of hydrogen-bond donors (Lipinski definition) is 6. The fraction of sp³-hybridized carbons (Fsp3) is 0.537. The molecule has 324 valence electrons. The Morgan fingerprint density at radius 1 is 1.03 bits per heavy atom. The Hall–Kier alpha value is -5.46. The number of carbonyl (C=O) groups is 5. The first-order valence-corrected chi connectivity index (χ1v) is 19.5. The standard InChI is InChI=1S/C41H57FN6O11/c1-23-18-27-34(45-16-10-8-7-9-15-44-33(50)14-17-48-22-28(42)39(54)47-41(48)56)30(49)21-29(36(27)52)46-38(53)24(2)12-11-13-31(57-5)37(59-40(43)55)26(4)20-25(3)35(51)32(19-23)58-6/h11-13,20-23,25,31-32,35,37,45,51H,7-10,14-19H2,1-6H3,(H2,43,55)(H,44,50)(H,46,53)(H,47,54,56)/b13-11-,24-12+,26-20+/t23-,25+,31?,32+,35?,37?/m1/s1. The number of ether oxygens (including phenoxy) is 3. The summed E-state index contributed by atoms with van der Waals surface area (Å²) in [5.41, 5.74) is 4.35. The molecular formula is C41H57FN6O11. The molecule has 17 nitrogen and oxygen atoms in total. The van der Waals surface area contributed by atoms with E-state index in [-0.39, 0.29) is 53.8 Å². The summed E-state index contributed by atoms with van der Waals surface area (Å²) in [7, 11) is 2.88. The lowest BCUT2D eigenvalue weighted by atomic mass is 9.85. The number of primary amides is 1. The number of unbranched alkanes of at least 4 members (excludes halogenated alkanes) is 3. The van der Waals surface area contributed by atoms with Gasteiger partial charge in [0.05, 0.1) is 29.8 Å². The lowest BCUT2D eigenvalue weighted by molar-refractivity contribution is -0.121. The molecule has 3 amide bonds. The molecule has 1 aromatic rings. The summed E-state index contributed by atoms with van der Waals surface area (Å²) < 4.78 is 31.1. The number of fused-ring (bicyclic) bond motifs is 2. The van der Waals surface area contributed by atoms with Gasteiger partial charge in [0.1, 0.15) is 6.10 Å². The molecule has 18 heteroatoms. The van der Waals surface area contributed by atoms with Crippen LogP contribution in [0.25, 0.3) is 0 Å². The van der Waals surface area contributed by atoms with Crippen LogP contribution < -0.4 is 32.9 Å². The molecule has 1 aliphatic carbocycles. The predicted molar refractivity (Wildman–Crippen MR) is 215 cm³/mol. The molecule has 59 heavy (non-hydrogen) atoms. The van der Waals surface area contributed by atoms with Gasteiger partial charge in [0.15, 0.2) is 6.10 Å². The molecule has 2 bridgehead atoms. The molecule has 0 fully saturated rings. The summed E-state index contributed by atoms with van der Waals surface area (Å²) in [4.78, 5) is 89.6. The normalized spacial score (nSPS) is 25.8. The quantitative estimate of drug-likeness (QED) is 0.0897. The molecule has 1 aliphatic heterocycles. The highest BCUT2D eigenvalue weighted by Crippen LogP contribution is 2.29. The van der Waals surface area contributed by atoms with E-state index in [1.165, 1.54) is 33.3 Å². The van der Waals surface area contributed by atoms with Crippen LogP contribution in [0, 0.1) is 17.7 Å². The van der Waals surface area contributed by atoms with Crippen molar-refractivity contribution in [1.29, 1.82) is 0 Å². The van der Waals surface area contributed by atoms with Crippen molar-refractivity contribution in [3.8, 4) is 0 Å². The van der Waals surface area contributed by atoms with Gasteiger partial charge in [-0.25, -0.2) is 9.59 Å².